The van der Waals surface area contributed by atoms with Gasteiger partial charge in [-0.05, 0) is 30.5 Å². The van der Waals surface area contributed by atoms with Crippen molar-refractivity contribution in [3.63, 3.8) is 0 Å². The lowest BCUT2D eigenvalue weighted by molar-refractivity contribution is -0.116. The van der Waals surface area contributed by atoms with Crippen molar-refractivity contribution in [1.29, 1.82) is 0 Å². The summed E-state index contributed by atoms with van der Waals surface area (Å²) in [5.74, 6) is -0.774. The molecule has 0 spiro atoms. The number of amides is 2. The first-order chi connectivity index (χ1) is 9.58. The number of para-hydroxylation sites is 1. The molecule has 6 heteroatoms. The number of hydrogen-bond donors (Lipinski definition) is 3. The van der Waals surface area contributed by atoms with Crippen LogP contribution in [0.1, 0.15) is 17.3 Å². The normalized spacial score (nSPS) is 11.7. The number of carbonyl (C=O) groups excluding carboxylic acids is 2. The Hall–Kier alpha value is -2.34. The number of benzene rings is 1. The summed E-state index contributed by atoms with van der Waals surface area (Å²) in [6, 6.07) is 10.6. The molecular weight excluding hydrogens is 274 g/mol. The second-order valence-electron chi connectivity index (χ2n) is 4.25. The summed E-state index contributed by atoms with van der Waals surface area (Å²) in [6.07, 6.45) is 0. The molecule has 0 saturated carbocycles. The van der Waals surface area contributed by atoms with E-state index in [2.05, 4.69) is 10.6 Å². The Bertz CT molecular complexity index is 610. The van der Waals surface area contributed by atoms with E-state index in [1.54, 1.807) is 18.4 Å². The Labute approximate surface area is 120 Å². The predicted octanol–water partition coefficient (Wildman–Crippen LogP) is 2.29. The zero-order chi connectivity index (χ0) is 14.5. The summed E-state index contributed by atoms with van der Waals surface area (Å²) in [6.45, 7) is 1.75. The van der Waals surface area contributed by atoms with E-state index in [9.17, 15) is 9.59 Å². The first kappa shape index (κ1) is 14.1. The molecule has 0 aliphatic heterocycles. The maximum atomic E-state index is 12.1. The minimum Gasteiger partial charge on any atom is -0.374 e. The van der Waals surface area contributed by atoms with Crippen LogP contribution in [0.5, 0.6) is 0 Å². The number of nitrogens with two attached hydrogens (primary N) is 1. The fraction of sp³-hybridized carbons (Fsp3) is 0.143. The third-order valence-corrected chi connectivity index (χ3v) is 3.55. The van der Waals surface area contributed by atoms with Crippen LogP contribution in [0.4, 0.5) is 10.7 Å². The molecule has 1 atom stereocenters. The Balaban J connectivity index is 2.01. The topological polar surface area (TPSA) is 84.2 Å². The van der Waals surface area contributed by atoms with Gasteiger partial charge in [0.05, 0.1) is 5.56 Å². The van der Waals surface area contributed by atoms with Crippen molar-refractivity contribution >= 4 is 33.8 Å². The van der Waals surface area contributed by atoms with E-state index in [0.717, 1.165) is 5.69 Å². The summed E-state index contributed by atoms with van der Waals surface area (Å²) in [5.41, 5.74) is 6.42. The third-order valence-electron chi connectivity index (χ3n) is 2.72. The molecule has 1 heterocycles. The van der Waals surface area contributed by atoms with E-state index in [0.29, 0.717) is 10.6 Å². The number of rotatable bonds is 5. The van der Waals surface area contributed by atoms with E-state index in [1.165, 1.54) is 11.3 Å². The van der Waals surface area contributed by atoms with Crippen molar-refractivity contribution in [2.24, 2.45) is 5.73 Å². The van der Waals surface area contributed by atoms with Gasteiger partial charge in [-0.3, -0.25) is 9.59 Å². The Morgan fingerprint density at radius 2 is 1.90 bits per heavy atom. The zero-order valence-electron chi connectivity index (χ0n) is 10.9. The number of anilines is 2. The van der Waals surface area contributed by atoms with E-state index in [-0.39, 0.29) is 5.91 Å². The minimum absolute atomic E-state index is 0.223. The largest absolute Gasteiger partial charge is 0.374 e. The lowest BCUT2D eigenvalue weighted by Crippen LogP contribution is -2.32. The smallest absolute Gasteiger partial charge is 0.251 e. The van der Waals surface area contributed by atoms with Crippen LogP contribution < -0.4 is 16.4 Å². The van der Waals surface area contributed by atoms with E-state index < -0.39 is 11.9 Å². The van der Waals surface area contributed by atoms with Gasteiger partial charge in [0.15, 0.2) is 0 Å². The monoisotopic (exact) mass is 289 g/mol. The maximum absolute atomic E-state index is 12.1. The maximum Gasteiger partial charge on any atom is 0.251 e. The lowest BCUT2D eigenvalue weighted by Gasteiger charge is -2.14. The van der Waals surface area contributed by atoms with Gasteiger partial charge in [0.25, 0.3) is 5.91 Å². The highest BCUT2D eigenvalue weighted by Crippen LogP contribution is 2.23. The number of primary amides is 1. The van der Waals surface area contributed by atoms with Crippen LogP contribution in [0.3, 0.4) is 0 Å². The van der Waals surface area contributed by atoms with Gasteiger partial charge in [-0.1, -0.05) is 18.2 Å². The fourth-order valence-electron chi connectivity index (χ4n) is 1.67. The van der Waals surface area contributed by atoms with Crippen molar-refractivity contribution in [3.05, 3.63) is 47.3 Å². The van der Waals surface area contributed by atoms with E-state index in [4.69, 9.17) is 5.73 Å². The van der Waals surface area contributed by atoms with Crippen molar-refractivity contribution in [3.8, 4) is 0 Å². The van der Waals surface area contributed by atoms with Gasteiger partial charge >= 0.3 is 0 Å². The Morgan fingerprint density at radius 3 is 2.55 bits per heavy atom. The Kier molecular flexibility index (Phi) is 4.37. The summed E-state index contributed by atoms with van der Waals surface area (Å²) in [7, 11) is 0. The predicted molar refractivity (Wildman–Crippen MR) is 81.0 cm³/mol. The van der Waals surface area contributed by atoms with Gasteiger partial charge in [0.1, 0.15) is 11.0 Å². The molecule has 0 fully saturated rings. The third kappa shape index (κ3) is 3.36. The van der Waals surface area contributed by atoms with Crippen LogP contribution >= 0.6 is 11.3 Å². The first-order valence-electron chi connectivity index (χ1n) is 6.07. The molecule has 0 bridgehead atoms. The minimum atomic E-state index is -0.551. The van der Waals surface area contributed by atoms with Gasteiger partial charge in [0, 0.05) is 5.69 Å². The molecule has 2 aromatic rings. The Morgan fingerprint density at radius 1 is 1.20 bits per heavy atom. The number of hydrogen-bond acceptors (Lipinski definition) is 4. The summed E-state index contributed by atoms with van der Waals surface area (Å²) in [5, 5.41) is 7.98. The molecule has 0 saturated heterocycles. The summed E-state index contributed by atoms with van der Waals surface area (Å²) in [4.78, 5) is 23.3. The van der Waals surface area contributed by atoms with Crippen LogP contribution in [0, 0.1) is 0 Å². The molecule has 1 unspecified atom stereocenters. The molecule has 104 valence electrons. The average Bonchev–Trinajstić information content (AvgIpc) is 2.88. The van der Waals surface area contributed by atoms with Crippen LogP contribution in [0.15, 0.2) is 41.8 Å². The van der Waals surface area contributed by atoms with Crippen LogP contribution in [-0.2, 0) is 4.79 Å². The van der Waals surface area contributed by atoms with Gasteiger partial charge < -0.3 is 16.4 Å². The highest BCUT2D eigenvalue weighted by atomic mass is 32.1. The molecular formula is C14H15N3O2S. The highest BCUT2D eigenvalue weighted by Gasteiger charge is 2.17. The van der Waals surface area contributed by atoms with Gasteiger partial charge in [-0.15, -0.1) is 11.3 Å². The van der Waals surface area contributed by atoms with Crippen LogP contribution in [0.25, 0.3) is 0 Å². The molecule has 1 aromatic heterocycles. The van der Waals surface area contributed by atoms with Crippen molar-refractivity contribution in [1.82, 2.24) is 0 Å². The lowest BCUT2D eigenvalue weighted by atomic mass is 10.2. The van der Waals surface area contributed by atoms with Gasteiger partial charge in [-0.25, -0.2) is 0 Å². The quantitative estimate of drug-likeness (QED) is 0.789. The summed E-state index contributed by atoms with van der Waals surface area (Å²) >= 11 is 1.27. The average molecular weight is 289 g/mol. The van der Waals surface area contributed by atoms with E-state index in [1.807, 2.05) is 30.3 Å². The van der Waals surface area contributed by atoms with Crippen LogP contribution in [-0.4, -0.2) is 17.9 Å². The van der Waals surface area contributed by atoms with Gasteiger partial charge in [0.2, 0.25) is 5.91 Å². The molecule has 0 aliphatic rings. The molecule has 2 rings (SSSR count). The van der Waals surface area contributed by atoms with Crippen LogP contribution in [0.2, 0.25) is 0 Å². The highest BCUT2D eigenvalue weighted by molar-refractivity contribution is 7.14. The first-order valence-corrected chi connectivity index (χ1v) is 6.95. The molecule has 0 radical (unpaired) electrons. The number of nitrogens with one attached hydrogen (secondary N) is 2. The standard InChI is InChI=1S/C14H15N3O2S/c1-9(16-10-5-3-2-4-6-10)13(19)17-14-11(12(15)18)7-8-20-14/h2-9,16H,1H3,(H2,15,18)(H,17,19). The molecule has 5 nitrogen and oxygen atoms in total. The van der Waals surface area contributed by atoms with Crippen molar-refractivity contribution in [2.45, 2.75) is 13.0 Å². The molecule has 20 heavy (non-hydrogen) atoms. The van der Waals surface area contributed by atoms with Crippen molar-refractivity contribution < 1.29 is 9.59 Å². The van der Waals surface area contributed by atoms with Gasteiger partial charge in [-0.2, -0.15) is 0 Å². The SMILES string of the molecule is CC(Nc1ccccc1)C(=O)Nc1sccc1C(N)=O. The second-order valence-corrected chi connectivity index (χ2v) is 5.17. The number of thiophene rings is 1. The number of carbonyl (C=O) groups is 2. The second kappa shape index (κ2) is 6.21. The zero-order valence-corrected chi connectivity index (χ0v) is 11.7. The van der Waals surface area contributed by atoms with Crippen molar-refractivity contribution in [2.75, 3.05) is 10.6 Å². The molecule has 2 amide bonds. The summed E-state index contributed by atoms with van der Waals surface area (Å²) < 4.78 is 0. The fourth-order valence-corrected chi connectivity index (χ4v) is 2.47. The van der Waals surface area contributed by atoms with E-state index >= 15 is 0 Å². The molecule has 0 aliphatic carbocycles. The molecule has 1 aromatic carbocycles. The molecule has 4 N–H and O–H groups in total.